The summed E-state index contributed by atoms with van der Waals surface area (Å²) in [6.07, 6.45) is 0.962. The van der Waals surface area contributed by atoms with Crippen LogP contribution in [0.4, 0.5) is 0 Å². The Labute approximate surface area is 195 Å². The summed E-state index contributed by atoms with van der Waals surface area (Å²) in [4.78, 5) is 7.04. The van der Waals surface area contributed by atoms with Crippen molar-refractivity contribution in [1.29, 1.82) is 0 Å². The number of guanidine groups is 1. The van der Waals surface area contributed by atoms with Gasteiger partial charge in [0.05, 0.1) is 20.8 Å². The zero-order valence-corrected chi connectivity index (χ0v) is 21.1. The molecule has 2 rings (SSSR count). The number of ether oxygens (including phenoxy) is 3. The predicted octanol–water partition coefficient (Wildman–Crippen LogP) is 4.39. The fourth-order valence-corrected chi connectivity index (χ4v) is 3.90. The van der Waals surface area contributed by atoms with Crippen LogP contribution in [0.25, 0.3) is 0 Å². The average molecular weight is 533 g/mol. The van der Waals surface area contributed by atoms with Crippen LogP contribution in [0.5, 0.6) is 17.2 Å². The zero-order valence-electron chi connectivity index (χ0n) is 18.0. The topological polar surface area (TPSA) is 64.1 Å². The maximum Gasteiger partial charge on any atom is 0.203 e. The number of nitrogens with zero attached hydrogens (tertiary/aromatic N) is 1. The van der Waals surface area contributed by atoms with E-state index >= 15 is 0 Å². The lowest BCUT2D eigenvalue weighted by molar-refractivity contribution is 0.288. The molecule has 1 atom stereocenters. The third-order valence-corrected chi connectivity index (χ3v) is 5.20. The van der Waals surface area contributed by atoms with Crippen molar-refractivity contribution in [1.82, 2.24) is 10.6 Å². The van der Waals surface area contributed by atoms with E-state index in [2.05, 4.69) is 41.6 Å². The van der Waals surface area contributed by atoms with Crippen molar-refractivity contribution in [3.63, 3.8) is 0 Å². The Morgan fingerprint density at radius 1 is 1.17 bits per heavy atom. The summed E-state index contributed by atoms with van der Waals surface area (Å²) < 4.78 is 16.6. The van der Waals surface area contributed by atoms with Gasteiger partial charge < -0.3 is 24.8 Å². The fourth-order valence-electron chi connectivity index (χ4n) is 2.88. The highest BCUT2D eigenvalue weighted by molar-refractivity contribution is 14.0. The highest BCUT2D eigenvalue weighted by Gasteiger charge is 2.14. The van der Waals surface area contributed by atoms with E-state index in [0.29, 0.717) is 30.4 Å². The Morgan fingerprint density at radius 3 is 2.31 bits per heavy atom. The average Bonchev–Trinajstić information content (AvgIpc) is 3.10. The molecule has 29 heavy (non-hydrogen) atoms. The number of methoxy groups -OCH3 is 2. The van der Waals surface area contributed by atoms with Gasteiger partial charge in [-0.2, -0.15) is 0 Å². The lowest BCUT2D eigenvalue weighted by Crippen LogP contribution is -2.42. The number of hydrogen-bond acceptors (Lipinski definition) is 5. The Hall–Kier alpha value is -1.68. The molecular weight excluding hydrogens is 501 g/mol. The van der Waals surface area contributed by atoms with Crippen LogP contribution in [0, 0.1) is 6.92 Å². The van der Waals surface area contributed by atoms with Gasteiger partial charge in [-0.25, -0.2) is 0 Å². The molecule has 1 aromatic carbocycles. The molecule has 0 saturated heterocycles. The van der Waals surface area contributed by atoms with E-state index in [4.69, 9.17) is 14.2 Å². The zero-order chi connectivity index (χ0) is 20.5. The van der Waals surface area contributed by atoms with E-state index in [1.165, 1.54) is 9.75 Å². The molecule has 1 unspecified atom stereocenters. The van der Waals surface area contributed by atoms with E-state index in [9.17, 15) is 0 Å². The highest BCUT2D eigenvalue weighted by atomic mass is 127. The summed E-state index contributed by atoms with van der Waals surface area (Å²) in [6.45, 7) is 7.35. The number of hydrogen-bond donors (Lipinski definition) is 2. The summed E-state index contributed by atoms with van der Waals surface area (Å²) in [5.74, 6) is 2.69. The minimum atomic E-state index is 0. The van der Waals surface area contributed by atoms with Gasteiger partial charge in [0.2, 0.25) is 5.75 Å². The number of halogens is 1. The first kappa shape index (κ1) is 25.4. The molecule has 1 heterocycles. The molecule has 0 spiro atoms. The second-order valence-electron chi connectivity index (χ2n) is 6.45. The molecule has 0 saturated carbocycles. The van der Waals surface area contributed by atoms with Crippen molar-refractivity contribution >= 4 is 41.3 Å². The summed E-state index contributed by atoms with van der Waals surface area (Å²) in [5, 5.41) is 6.79. The van der Waals surface area contributed by atoms with Gasteiger partial charge >= 0.3 is 0 Å². The van der Waals surface area contributed by atoms with Gasteiger partial charge in [0.15, 0.2) is 17.5 Å². The van der Waals surface area contributed by atoms with Crippen molar-refractivity contribution in [2.24, 2.45) is 4.99 Å². The predicted molar refractivity (Wildman–Crippen MR) is 132 cm³/mol. The number of aryl methyl sites for hydroxylation is 1. The van der Waals surface area contributed by atoms with Gasteiger partial charge in [-0.15, -0.1) is 35.3 Å². The van der Waals surface area contributed by atoms with Crippen molar-refractivity contribution in [3.05, 3.63) is 39.6 Å². The first-order valence-corrected chi connectivity index (χ1v) is 10.2. The largest absolute Gasteiger partial charge is 0.493 e. The lowest BCUT2D eigenvalue weighted by Gasteiger charge is -2.19. The Balaban J connectivity index is 0.00000420. The maximum absolute atomic E-state index is 5.66. The van der Waals surface area contributed by atoms with Crippen molar-refractivity contribution in [2.75, 3.05) is 27.9 Å². The third-order valence-electron chi connectivity index (χ3n) is 4.18. The third kappa shape index (κ3) is 7.58. The molecule has 0 fully saturated rings. The van der Waals surface area contributed by atoms with Crippen molar-refractivity contribution in [3.8, 4) is 17.2 Å². The summed E-state index contributed by atoms with van der Waals surface area (Å²) in [7, 11) is 5.03. The minimum absolute atomic E-state index is 0. The number of rotatable bonds is 9. The highest BCUT2D eigenvalue weighted by Crippen LogP contribution is 2.38. The number of nitrogens with one attached hydrogen (secondary N) is 2. The Morgan fingerprint density at radius 2 is 1.83 bits per heavy atom. The molecular formula is C21H32IN3O3S. The quantitative estimate of drug-likeness (QED) is 0.285. The molecule has 6 nitrogen and oxygen atoms in total. The van der Waals surface area contributed by atoms with Crippen LogP contribution in [-0.4, -0.2) is 39.9 Å². The standard InChI is InChI=1S/C21H31N3O3S.HI/c1-7-27-20-18(25-5)11-16(12-19(20)26-6)13-23-21(22-4)24-14(2)10-17-9-8-15(3)28-17;/h8-9,11-12,14H,7,10,13H2,1-6H3,(H2,22,23,24);1H. The molecule has 1 aromatic heterocycles. The van der Waals surface area contributed by atoms with Gasteiger partial charge in [0.1, 0.15) is 0 Å². The number of thiophene rings is 1. The Bertz CT molecular complexity index is 770. The van der Waals surface area contributed by atoms with Gasteiger partial charge in [0.25, 0.3) is 0 Å². The van der Waals surface area contributed by atoms with Gasteiger partial charge in [0, 0.05) is 35.8 Å². The summed E-state index contributed by atoms with van der Waals surface area (Å²) in [5.41, 5.74) is 1.02. The second-order valence-corrected chi connectivity index (χ2v) is 7.82. The molecule has 0 aliphatic rings. The first-order chi connectivity index (χ1) is 13.5. The monoisotopic (exact) mass is 533 g/mol. The van der Waals surface area contributed by atoms with E-state index < -0.39 is 0 Å². The first-order valence-electron chi connectivity index (χ1n) is 9.40. The SMILES string of the molecule is CCOc1c(OC)cc(CNC(=NC)NC(C)Cc2ccc(C)s2)cc1OC.I. The van der Waals surface area contributed by atoms with Crippen LogP contribution >= 0.6 is 35.3 Å². The van der Waals surface area contributed by atoms with Gasteiger partial charge in [-0.3, -0.25) is 4.99 Å². The van der Waals surface area contributed by atoms with Gasteiger partial charge in [-0.05, 0) is 50.6 Å². The van der Waals surface area contributed by atoms with E-state index in [1.54, 1.807) is 21.3 Å². The smallest absolute Gasteiger partial charge is 0.203 e. The minimum Gasteiger partial charge on any atom is -0.493 e. The molecule has 0 amide bonds. The van der Waals surface area contributed by atoms with Crippen LogP contribution in [0.3, 0.4) is 0 Å². The molecule has 0 bridgehead atoms. The molecule has 0 aliphatic carbocycles. The van der Waals surface area contributed by atoms with Crippen LogP contribution in [0.1, 0.15) is 29.2 Å². The molecule has 2 aromatic rings. The number of aliphatic imine (C=N–C) groups is 1. The van der Waals surface area contributed by atoms with Gasteiger partial charge in [-0.1, -0.05) is 0 Å². The lowest BCUT2D eigenvalue weighted by atomic mass is 10.1. The van der Waals surface area contributed by atoms with Crippen molar-refractivity contribution < 1.29 is 14.2 Å². The molecule has 8 heteroatoms. The van der Waals surface area contributed by atoms with E-state index in [1.807, 2.05) is 30.4 Å². The van der Waals surface area contributed by atoms with Crippen LogP contribution in [0.2, 0.25) is 0 Å². The fraction of sp³-hybridized carbons (Fsp3) is 0.476. The summed E-state index contributed by atoms with van der Waals surface area (Å²) in [6, 6.07) is 8.52. The molecule has 2 N–H and O–H groups in total. The van der Waals surface area contributed by atoms with E-state index in [-0.39, 0.29) is 30.0 Å². The van der Waals surface area contributed by atoms with Crippen LogP contribution < -0.4 is 24.8 Å². The van der Waals surface area contributed by atoms with E-state index in [0.717, 1.165) is 17.9 Å². The van der Waals surface area contributed by atoms with Crippen molar-refractivity contribution in [2.45, 2.75) is 39.8 Å². The molecule has 162 valence electrons. The van der Waals surface area contributed by atoms with Crippen LogP contribution in [0.15, 0.2) is 29.3 Å². The molecule has 0 aliphatic heterocycles. The van der Waals surface area contributed by atoms with Crippen LogP contribution in [-0.2, 0) is 13.0 Å². The Kier molecular flexibility index (Phi) is 11.2. The number of benzene rings is 1. The second kappa shape index (κ2) is 12.8. The summed E-state index contributed by atoms with van der Waals surface area (Å²) >= 11 is 1.83. The molecule has 0 radical (unpaired) electrons. The maximum atomic E-state index is 5.66. The normalized spacial score (nSPS) is 12.0.